The van der Waals surface area contributed by atoms with Crippen LogP contribution in [0.5, 0.6) is 11.5 Å². The molecule has 0 aromatic heterocycles. The lowest BCUT2D eigenvalue weighted by atomic mass is 9.92. The summed E-state index contributed by atoms with van der Waals surface area (Å²) in [6.45, 7) is 8.49. The number of nitrogens with one attached hydrogen (secondary N) is 1. The first-order valence-corrected chi connectivity index (χ1v) is 10.7. The Morgan fingerprint density at radius 3 is 2.45 bits per heavy atom. The lowest BCUT2D eigenvalue weighted by Gasteiger charge is -2.22. The van der Waals surface area contributed by atoms with Gasteiger partial charge in [0.1, 0.15) is 18.1 Å². The molecule has 1 aliphatic carbocycles. The van der Waals surface area contributed by atoms with Gasteiger partial charge in [-0.05, 0) is 99.4 Å². The van der Waals surface area contributed by atoms with Crippen molar-refractivity contribution < 1.29 is 14.3 Å². The third-order valence-corrected chi connectivity index (χ3v) is 5.63. The van der Waals surface area contributed by atoms with Crippen LogP contribution < -0.4 is 14.8 Å². The van der Waals surface area contributed by atoms with Gasteiger partial charge < -0.3 is 14.8 Å². The molecule has 3 rings (SSSR count). The van der Waals surface area contributed by atoms with Gasteiger partial charge in [-0.25, -0.2) is 0 Å². The number of ether oxygens (including phenoxy) is 2. The zero-order valence-electron chi connectivity index (χ0n) is 18.1. The number of carbonyl (C=O) groups is 1. The van der Waals surface area contributed by atoms with Gasteiger partial charge in [0.2, 0.25) is 0 Å². The third-order valence-electron chi connectivity index (χ3n) is 5.63. The molecule has 1 amide bonds. The van der Waals surface area contributed by atoms with Gasteiger partial charge >= 0.3 is 0 Å². The van der Waals surface area contributed by atoms with Gasteiger partial charge in [-0.1, -0.05) is 19.1 Å². The highest BCUT2D eigenvalue weighted by Gasteiger charge is 2.21. The molecule has 0 aliphatic heterocycles. The van der Waals surface area contributed by atoms with E-state index in [0.29, 0.717) is 13.0 Å². The van der Waals surface area contributed by atoms with E-state index in [1.807, 2.05) is 38.1 Å². The number of rotatable bonds is 8. The van der Waals surface area contributed by atoms with Crippen molar-refractivity contribution in [2.75, 3.05) is 6.61 Å². The van der Waals surface area contributed by atoms with Gasteiger partial charge in [-0.15, -0.1) is 0 Å². The molecule has 0 radical (unpaired) electrons. The average molecular weight is 396 g/mol. The van der Waals surface area contributed by atoms with Crippen LogP contribution in [0.15, 0.2) is 36.4 Å². The van der Waals surface area contributed by atoms with Crippen LogP contribution >= 0.6 is 0 Å². The van der Waals surface area contributed by atoms with Crippen LogP contribution in [0.25, 0.3) is 0 Å². The Hall–Kier alpha value is -2.49. The summed E-state index contributed by atoms with van der Waals surface area (Å²) in [5, 5.41) is 3.02. The highest BCUT2D eigenvalue weighted by molar-refractivity contribution is 5.81. The Morgan fingerprint density at radius 2 is 1.72 bits per heavy atom. The molecule has 1 aliphatic rings. The van der Waals surface area contributed by atoms with Gasteiger partial charge in [0, 0.05) is 0 Å². The second-order valence-corrected chi connectivity index (χ2v) is 8.12. The molecule has 0 heterocycles. The Bertz CT molecular complexity index is 846. The Kier molecular flexibility index (Phi) is 7.18. The van der Waals surface area contributed by atoms with E-state index >= 15 is 0 Å². The minimum absolute atomic E-state index is 0.0959. The first-order chi connectivity index (χ1) is 14.0. The minimum atomic E-state index is -0.499. The van der Waals surface area contributed by atoms with E-state index < -0.39 is 6.10 Å². The monoisotopic (exact) mass is 395 g/mol. The molecule has 2 aromatic carbocycles. The van der Waals surface area contributed by atoms with Crippen LogP contribution in [-0.2, 0) is 17.6 Å². The van der Waals surface area contributed by atoms with Crippen LogP contribution in [-0.4, -0.2) is 24.7 Å². The fourth-order valence-electron chi connectivity index (χ4n) is 3.67. The Balaban J connectivity index is 1.52. The number of carbonyl (C=O) groups excluding carboxylic acids is 1. The quantitative estimate of drug-likeness (QED) is 0.690. The standard InChI is InChI=1S/C25H33NO3/c1-5-24(29-23-13-11-20-8-6-7-9-21(20)15-23)25(27)26-19(4)16-28-22-12-10-17(2)18(3)14-22/h10-15,19,24H,5-9,16H2,1-4H3,(H,26,27)/t19-,24-/m1/s1. The van der Waals surface area contributed by atoms with Crippen LogP contribution in [0, 0.1) is 13.8 Å². The zero-order chi connectivity index (χ0) is 20.8. The molecule has 0 bridgehead atoms. The molecule has 156 valence electrons. The maximum absolute atomic E-state index is 12.7. The molecular weight excluding hydrogens is 362 g/mol. The van der Waals surface area contributed by atoms with Crippen molar-refractivity contribution in [2.45, 2.75) is 71.9 Å². The number of hydrogen-bond donors (Lipinski definition) is 1. The second-order valence-electron chi connectivity index (χ2n) is 8.12. The topological polar surface area (TPSA) is 47.6 Å². The Labute approximate surface area is 174 Å². The Morgan fingerprint density at radius 1 is 1.00 bits per heavy atom. The predicted octanol–water partition coefficient (Wildman–Crippen LogP) is 4.92. The van der Waals surface area contributed by atoms with E-state index in [0.717, 1.165) is 24.3 Å². The molecule has 2 atom stereocenters. The normalized spacial score (nSPS) is 15.2. The fraction of sp³-hybridized carbons (Fsp3) is 0.480. The maximum Gasteiger partial charge on any atom is 0.261 e. The number of benzene rings is 2. The summed E-state index contributed by atoms with van der Waals surface area (Å²) in [6, 6.07) is 12.2. The van der Waals surface area contributed by atoms with E-state index in [4.69, 9.17) is 9.47 Å². The first kappa shape index (κ1) is 21.2. The van der Waals surface area contributed by atoms with Crippen molar-refractivity contribution in [1.29, 1.82) is 0 Å². The van der Waals surface area contributed by atoms with E-state index in [1.165, 1.54) is 35.1 Å². The van der Waals surface area contributed by atoms with E-state index in [-0.39, 0.29) is 11.9 Å². The number of aryl methyl sites for hydroxylation is 4. The zero-order valence-corrected chi connectivity index (χ0v) is 18.1. The van der Waals surface area contributed by atoms with Crippen LogP contribution in [0.4, 0.5) is 0 Å². The van der Waals surface area contributed by atoms with Gasteiger partial charge in [0.05, 0.1) is 6.04 Å². The summed E-state index contributed by atoms with van der Waals surface area (Å²) < 4.78 is 11.9. The van der Waals surface area contributed by atoms with Gasteiger partial charge in [-0.3, -0.25) is 4.79 Å². The van der Waals surface area contributed by atoms with Crippen LogP contribution in [0.1, 0.15) is 55.4 Å². The second kappa shape index (κ2) is 9.82. The van der Waals surface area contributed by atoms with Crippen molar-refractivity contribution in [1.82, 2.24) is 5.32 Å². The summed E-state index contributed by atoms with van der Waals surface area (Å²) >= 11 is 0. The first-order valence-electron chi connectivity index (χ1n) is 10.7. The molecule has 1 N–H and O–H groups in total. The highest BCUT2D eigenvalue weighted by Crippen LogP contribution is 2.26. The molecule has 29 heavy (non-hydrogen) atoms. The fourth-order valence-corrected chi connectivity index (χ4v) is 3.67. The largest absolute Gasteiger partial charge is 0.491 e. The molecule has 0 fully saturated rings. The molecule has 2 aromatic rings. The number of fused-ring (bicyclic) bond motifs is 1. The summed E-state index contributed by atoms with van der Waals surface area (Å²) in [5.74, 6) is 1.51. The number of amides is 1. The lowest BCUT2D eigenvalue weighted by molar-refractivity contribution is -0.128. The molecule has 4 heteroatoms. The van der Waals surface area contributed by atoms with Gasteiger partial charge in [-0.2, -0.15) is 0 Å². The smallest absolute Gasteiger partial charge is 0.261 e. The lowest BCUT2D eigenvalue weighted by Crippen LogP contribution is -2.44. The number of hydrogen-bond acceptors (Lipinski definition) is 3. The van der Waals surface area contributed by atoms with Crippen molar-refractivity contribution in [3.63, 3.8) is 0 Å². The van der Waals surface area contributed by atoms with Crippen molar-refractivity contribution >= 4 is 5.91 Å². The average Bonchev–Trinajstić information content (AvgIpc) is 2.72. The molecule has 0 spiro atoms. The van der Waals surface area contributed by atoms with E-state index in [1.54, 1.807) is 0 Å². The maximum atomic E-state index is 12.7. The molecule has 0 unspecified atom stereocenters. The summed E-state index contributed by atoms with van der Waals surface area (Å²) in [6.07, 6.45) is 4.85. The highest BCUT2D eigenvalue weighted by atomic mass is 16.5. The predicted molar refractivity (Wildman–Crippen MR) is 117 cm³/mol. The molecule has 4 nitrogen and oxygen atoms in total. The van der Waals surface area contributed by atoms with Crippen LogP contribution in [0.2, 0.25) is 0 Å². The van der Waals surface area contributed by atoms with Crippen molar-refractivity contribution in [2.24, 2.45) is 0 Å². The molecular formula is C25H33NO3. The molecule has 0 saturated heterocycles. The minimum Gasteiger partial charge on any atom is -0.491 e. The third kappa shape index (κ3) is 5.75. The summed E-state index contributed by atoms with van der Waals surface area (Å²) in [5.41, 5.74) is 5.21. The SMILES string of the molecule is CC[C@@H](Oc1ccc2c(c1)CCCC2)C(=O)N[C@H](C)COc1ccc(C)c(C)c1. The van der Waals surface area contributed by atoms with Gasteiger partial charge in [0.25, 0.3) is 5.91 Å². The summed E-state index contributed by atoms with van der Waals surface area (Å²) in [7, 11) is 0. The van der Waals surface area contributed by atoms with Crippen molar-refractivity contribution in [3.8, 4) is 11.5 Å². The van der Waals surface area contributed by atoms with Crippen molar-refractivity contribution in [3.05, 3.63) is 58.7 Å². The van der Waals surface area contributed by atoms with Gasteiger partial charge in [0.15, 0.2) is 6.10 Å². The summed E-state index contributed by atoms with van der Waals surface area (Å²) in [4.78, 5) is 12.7. The van der Waals surface area contributed by atoms with E-state index in [2.05, 4.69) is 31.3 Å². The molecule has 0 saturated carbocycles. The van der Waals surface area contributed by atoms with Crippen LogP contribution in [0.3, 0.4) is 0 Å². The van der Waals surface area contributed by atoms with E-state index in [9.17, 15) is 4.79 Å².